The number of amides is 2. The Morgan fingerprint density at radius 2 is 1.61 bits per heavy atom. The van der Waals surface area contributed by atoms with E-state index in [1.807, 2.05) is 48.5 Å². The molecule has 0 aromatic rings. The molecule has 2 amide bonds. The van der Waals surface area contributed by atoms with Crippen LogP contribution in [-0.4, -0.2) is 39.7 Å². The molecular formula is C17H34N2O3S. The van der Waals surface area contributed by atoms with E-state index in [1.165, 1.54) is 18.7 Å². The second-order valence-electron chi connectivity index (χ2n) is 4.27. The molecule has 0 aliphatic carbocycles. The van der Waals surface area contributed by atoms with Gasteiger partial charge in [0.2, 0.25) is 5.91 Å². The summed E-state index contributed by atoms with van der Waals surface area (Å²) in [4.78, 5) is 35.9. The predicted octanol–water partition coefficient (Wildman–Crippen LogP) is 3.59. The fourth-order valence-electron chi connectivity index (χ4n) is 2.18. The van der Waals surface area contributed by atoms with Crippen LogP contribution in [0.3, 0.4) is 0 Å². The van der Waals surface area contributed by atoms with Crippen LogP contribution in [0.2, 0.25) is 0 Å². The van der Waals surface area contributed by atoms with E-state index in [2.05, 4.69) is 5.32 Å². The molecule has 0 aromatic carbocycles. The van der Waals surface area contributed by atoms with E-state index in [0.29, 0.717) is 5.70 Å². The molecule has 0 bridgehead atoms. The van der Waals surface area contributed by atoms with Gasteiger partial charge >= 0.3 is 0 Å². The molecule has 2 aliphatic heterocycles. The van der Waals surface area contributed by atoms with Gasteiger partial charge in [-0.25, -0.2) is 0 Å². The molecule has 2 heterocycles. The fourth-order valence-corrected chi connectivity index (χ4v) is 3.47. The Morgan fingerprint density at radius 3 is 2.00 bits per heavy atom. The molecule has 0 unspecified atom stereocenters. The molecule has 0 radical (unpaired) electrons. The zero-order valence-electron chi connectivity index (χ0n) is 15.9. The Labute approximate surface area is 146 Å². The number of β-lactam (4-membered cyclic amide) rings is 1. The van der Waals surface area contributed by atoms with Crippen molar-refractivity contribution in [2.24, 2.45) is 0 Å². The Bertz CT molecular complexity index is 453. The molecule has 136 valence electrons. The molecule has 6 heteroatoms. The second-order valence-corrected chi connectivity index (χ2v) is 5.38. The van der Waals surface area contributed by atoms with Gasteiger partial charge in [-0.2, -0.15) is 0 Å². The first-order valence-electron chi connectivity index (χ1n) is 8.36. The van der Waals surface area contributed by atoms with Crippen molar-refractivity contribution in [2.45, 2.75) is 73.7 Å². The summed E-state index contributed by atoms with van der Waals surface area (Å²) in [7, 11) is 0. The van der Waals surface area contributed by atoms with Crippen LogP contribution < -0.4 is 5.32 Å². The summed E-state index contributed by atoms with van der Waals surface area (Å²) in [6.45, 7) is 16.7. The molecule has 0 aromatic heterocycles. The lowest BCUT2D eigenvalue weighted by Gasteiger charge is -2.49. The molecule has 1 fully saturated rings. The molecule has 1 saturated heterocycles. The third-order valence-corrected chi connectivity index (χ3v) is 4.28. The summed E-state index contributed by atoms with van der Waals surface area (Å²) in [5, 5.41) is 2.49. The van der Waals surface area contributed by atoms with Crippen LogP contribution in [0.5, 0.6) is 0 Å². The van der Waals surface area contributed by atoms with Crippen molar-refractivity contribution in [3.63, 3.8) is 0 Å². The van der Waals surface area contributed by atoms with Crippen LogP contribution in [0.4, 0.5) is 0 Å². The number of rotatable bonds is 2. The van der Waals surface area contributed by atoms with Gasteiger partial charge in [-0.3, -0.25) is 19.3 Å². The van der Waals surface area contributed by atoms with Gasteiger partial charge in [-0.15, -0.1) is 11.8 Å². The second kappa shape index (κ2) is 12.2. The van der Waals surface area contributed by atoms with Crippen molar-refractivity contribution in [1.29, 1.82) is 0 Å². The average molecular weight is 347 g/mol. The van der Waals surface area contributed by atoms with E-state index in [4.69, 9.17) is 0 Å². The van der Waals surface area contributed by atoms with Crippen LogP contribution in [-0.2, 0) is 14.4 Å². The van der Waals surface area contributed by atoms with Gasteiger partial charge in [0.05, 0.1) is 5.70 Å². The number of carbonyl (C=O) groups excluding carboxylic acids is 3. The number of thioether (sulfide) groups is 1. The van der Waals surface area contributed by atoms with Gasteiger partial charge in [-0.1, -0.05) is 41.5 Å². The van der Waals surface area contributed by atoms with Gasteiger partial charge in [-0.05, 0) is 12.5 Å². The molecule has 2 rings (SSSR count). The smallest absolute Gasteiger partial charge is 0.253 e. The third kappa shape index (κ3) is 5.68. The molecule has 2 aliphatic rings. The Kier molecular flexibility index (Phi) is 12.7. The largest absolute Gasteiger partial charge is 0.342 e. The Hall–Kier alpha value is -1.30. The third-order valence-electron chi connectivity index (χ3n) is 2.85. The first kappa shape index (κ1) is 24.0. The summed E-state index contributed by atoms with van der Waals surface area (Å²) < 4.78 is 0. The first-order chi connectivity index (χ1) is 10.9. The van der Waals surface area contributed by atoms with Gasteiger partial charge in [0, 0.05) is 21.0 Å². The quantitative estimate of drug-likeness (QED) is 0.776. The molecule has 0 spiro atoms. The number of hydrogen-bond donors (Lipinski definition) is 1. The number of nitrogens with one attached hydrogen (secondary N) is 1. The summed E-state index contributed by atoms with van der Waals surface area (Å²) in [5.41, 5.74) is 1.42. The summed E-state index contributed by atoms with van der Waals surface area (Å²) in [6.07, 6.45) is 0. The fraction of sp³-hybridized carbons (Fsp3) is 0.706. The highest BCUT2D eigenvalue weighted by atomic mass is 32.2. The highest BCUT2D eigenvalue weighted by Crippen LogP contribution is 2.40. The molecule has 0 saturated carbocycles. The zero-order valence-corrected chi connectivity index (χ0v) is 16.8. The van der Waals surface area contributed by atoms with Crippen molar-refractivity contribution < 1.29 is 15.8 Å². The van der Waals surface area contributed by atoms with E-state index in [0.717, 1.165) is 11.3 Å². The number of carbonyl (C=O) groups is 3. The lowest BCUT2D eigenvalue weighted by molar-refractivity contribution is -0.147. The summed E-state index contributed by atoms with van der Waals surface area (Å²) in [6, 6.07) is -0.486. The van der Waals surface area contributed by atoms with Gasteiger partial charge in [0.15, 0.2) is 5.78 Å². The van der Waals surface area contributed by atoms with Gasteiger partial charge in [0.25, 0.3) is 5.91 Å². The van der Waals surface area contributed by atoms with E-state index in [1.54, 1.807) is 11.8 Å². The van der Waals surface area contributed by atoms with Crippen LogP contribution in [0.15, 0.2) is 11.3 Å². The number of Topliss-reactive ketones (excluding diaryl/α,β-unsaturated/α-hetero) is 1. The Morgan fingerprint density at radius 1 is 1.13 bits per heavy atom. The SMILES string of the molecule is CC.CC.CC.CC(=O)N[C@@H]1C(=O)N2C(C(C)=O)=C(C)CS[C@H]12.[HH]. The van der Waals surface area contributed by atoms with Crippen molar-refractivity contribution in [1.82, 2.24) is 10.2 Å². The van der Waals surface area contributed by atoms with Gasteiger partial charge in [0.1, 0.15) is 11.4 Å². The minimum atomic E-state index is -0.486. The lowest BCUT2D eigenvalue weighted by Crippen LogP contribution is -2.70. The average Bonchev–Trinajstić information content (AvgIpc) is 2.57. The van der Waals surface area contributed by atoms with Crippen LogP contribution >= 0.6 is 11.8 Å². The maximum atomic E-state index is 11.9. The summed E-state index contributed by atoms with van der Waals surface area (Å²) in [5.74, 6) is 0.211. The maximum Gasteiger partial charge on any atom is 0.253 e. The van der Waals surface area contributed by atoms with Crippen LogP contribution in [0, 0.1) is 0 Å². The maximum absolute atomic E-state index is 11.9. The van der Waals surface area contributed by atoms with Crippen molar-refractivity contribution in [3.8, 4) is 0 Å². The van der Waals surface area contributed by atoms with Crippen LogP contribution in [0.25, 0.3) is 0 Å². The molecule has 23 heavy (non-hydrogen) atoms. The number of nitrogens with zero attached hydrogens (tertiary/aromatic N) is 1. The van der Waals surface area contributed by atoms with Crippen molar-refractivity contribution in [3.05, 3.63) is 11.3 Å². The predicted molar refractivity (Wildman–Crippen MR) is 100 cm³/mol. The normalized spacial score (nSPS) is 21.1. The summed E-state index contributed by atoms with van der Waals surface area (Å²) >= 11 is 1.58. The molecule has 5 nitrogen and oxygen atoms in total. The van der Waals surface area contributed by atoms with E-state index < -0.39 is 6.04 Å². The number of ketones is 1. The highest BCUT2D eigenvalue weighted by molar-refractivity contribution is 8.00. The standard InChI is InChI=1S/C11H14N2O3S.3C2H6.H2/c1-5-4-17-11-8(12-7(3)15)10(16)13(11)9(5)6(2)14;3*1-2;/h8,11H,4H2,1-3H3,(H,12,15);3*1-2H3;1H/t8-,11-;;;;/m1..../s1. The van der Waals surface area contributed by atoms with Gasteiger partial charge < -0.3 is 5.32 Å². The first-order valence-corrected chi connectivity index (χ1v) is 9.41. The van der Waals surface area contributed by atoms with E-state index >= 15 is 0 Å². The zero-order chi connectivity index (χ0) is 18.7. The minimum Gasteiger partial charge on any atom is -0.342 e. The highest BCUT2D eigenvalue weighted by Gasteiger charge is 2.52. The number of fused-ring (bicyclic) bond motifs is 1. The monoisotopic (exact) mass is 346 g/mol. The topological polar surface area (TPSA) is 66.5 Å². The van der Waals surface area contributed by atoms with E-state index in [-0.39, 0.29) is 24.4 Å². The number of hydrogen-bond acceptors (Lipinski definition) is 4. The van der Waals surface area contributed by atoms with Crippen molar-refractivity contribution in [2.75, 3.05) is 5.75 Å². The molecular weight excluding hydrogens is 312 g/mol. The van der Waals surface area contributed by atoms with E-state index in [9.17, 15) is 14.4 Å². The number of allylic oxidation sites excluding steroid dienone is 1. The minimum absolute atomic E-state index is 0. The Balaban J connectivity index is -0.000000569. The lowest BCUT2D eigenvalue weighted by atomic mass is 10.0. The molecule has 1 N–H and O–H groups in total. The molecule has 2 atom stereocenters. The van der Waals surface area contributed by atoms with Crippen molar-refractivity contribution >= 4 is 29.4 Å². The van der Waals surface area contributed by atoms with Crippen LogP contribution in [0.1, 0.15) is 63.7 Å².